The van der Waals surface area contributed by atoms with E-state index in [-0.39, 0.29) is 5.41 Å². The summed E-state index contributed by atoms with van der Waals surface area (Å²) in [6, 6.07) is 14.5. The first kappa shape index (κ1) is 19.9. The Morgan fingerprint density at radius 1 is 0.969 bits per heavy atom. The molecule has 0 atom stereocenters. The van der Waals surface area contributed by atoms with Crippen LogP contribution in [0.1, 0.15) is 6.42 Å². The molecule has 6 rings (SSSR count). The SMILES string of the molecule is O=S1(=O)CC2(CCN(c3cc(-c4ccc(N5CCNCC5)nc4)nc4ccccc34)C2)C1. The summed E-state index contributed by atoms with van der Waals surface area (Å²) >= 11 is 0. The molecule has 3 fully saturated rings. The van der Waals surface area contributed by atoms with Gasteiger partial charge in [0, 0.05) is 67.5 Å². The van der Waals surface area contributed by atoms with Crippen molar-refractivity contribution in [1.82, 2.24) is 15.3 Å². The monoisotopic (exact) mass is 449 g/mol. The molecule has 3 aliphatic heterocycles. The molecule has 2 aromatic heterocycles. The van der Waals surface area contributed by atoms with Gasteiger partial charge in [-0.15, -0.1) is 0 Å². The molecular weight excluding hydrogens is 422 g/mol. The van der Waals surface area contributed by atoms with Gasteiger partial charge in [-0.3, -0.25) is 0 Å². The first-order valence-corrected chi connectivity index (χ1v) is 13.1. The van der Waals surface area contributed by atoms with Crippen LogP contribution >= 0.6 is 0 Å². The van der Waals surface area contributed by atoms with Crippen molar-refractivity contribution in [1.29, 1.82) is 0 Å². The number of para-hydroxylation sites is 1. The molecule has 1 aromatic carbocycles. The lowest BCUT2D eigenvalue weighted by atomic mass is 9.91. The van der Waals surface area contributed by atoms with Crippen LogP contribution in [0.25, 0.3) is 22.2 Å². The Morgan fingerprint density at radius 3 is 2.53 bits per heavy atom. The number of nitrogens with zero attached hydrogens (tertiary/aromatic N) is 4. The van der Waals surface area contributed by atoms with Gasteiger partial charge in [0.15, 0.2) is 9.84 Å². The zero-order valence-corrected chi connectivity index (χ0v) is 18.8. The number of aromatic nitrogens is 2. The molecule has 7 nitrogen and oxygen atoms in total. The Hall–Kier alpha value is -2.71. The van der Waals surface area contributed by atoms with E-state index in [1.54, 1.807) is 0 Å². The molecule has 0 aliphatic carbocycles. The minimum Gasteiger partial charge on any atom is -0.370 e. The van der Waals surface area contributed by atoms with Crippen molar-refractivity contribution in [2.75, 3.05) is 60.6 Å². The lowest BCUT2D eigenvalue weighted by Gasteiger charge is -2.37. The number of hydrogen-bond acceptors (Lipinski definition) is 7. The maximum atomic E-state index is 11.8. The Labute approximate surface area is 188 Å². The first-order chi connectivity index (χ1) is 15.5. The molecule has 3 saturated heterocycles. The van der Waals surface area contributed by atoms with Crippen molar-refractivity contribution in [3.8, 4) is 11.3 Å². The number of fused-ring (bicyclic) bond motifs is 1. The molecule has 0 saturated carbocycles. The number of pyridine rings is 2. The van der Waals surface area contributed by atoms with E-state index in [0.717, 1.165) is 79.4 Å². The molecule has 0 bridgehead atoms. The summed E-state index contributed by atoms with van der Waals surface area (Å²) in [5.41, 5.74) is 3.91. The molecule has 5 heterocycles. The van der Waals surface area contributed by atoms with E-state index < -0.39 is 9.84 Å². The molecule has 0 amide bonds. The summed E-state index contributed by atoms with van der Waals surface area (Å²) in [6.07, 6.45) is 2.85. The van der Waals surface area contributed by atoms with E-state index in [1.807, 2.05) is 24.4 Å². The predicted molar refractivity (Wildman–Crippen MR) is 128 cm³/mol. The van der Waals surface area contributed by atoms with Crippen LogP contribution in [0.2, 0.25) is 0 Å². The largest absolute Gasteiger partial charge is 0.370 e. The third-order valence-electron chi connectivity index (χ3n) is 7.01. The number of hydrogen-bond donors (Lipinski definition) is 1. The summed E-state index contributed by atoms with van der Waals surface area (Å²) in [6.45, 7) is 5.58. The van der Waals surface area contributed by atoms with Gasteiger partial charge in [0.2, 0.25) is 0 Å². The summed E-state index contributed by atoms with van der Waals surface area (Å²) < 4.78 is 23.7. The topological polar surface area (TPSA) is 78.4 Å². The number of piperazine rings is 1. The Morgan fingerprint density at radius 2 is 1.78 bits per heavy atom. The summed E-state index contributed by atoms with van der Waals surface area (Å²) in [4.78, 5) is 14.3. The summed E-state index contributed by atoms with van der Waals surface area (Å²) in [5.74, 6) is 1.65. The predicted octanol–water partition coefficient (Wildman–Crippen LogP) is 2.33. The lowest BCUT2D eigenvalue weighted by molar-refractivity contribution is 0.374. The van der Waals surface area contributed by atoms with Crippen LogP contribution in [0.15, 0.2) is 48.7 Å². The molecule has 32 heavy (non-hydrogen) atoms. The van der Waals surface area contributed by atoms with Crippen molar-refractivity contribution in [3.63, 3.8) is 0 Å². The van der Waals surface area contributed by atoms with E-state index in [1.165, 1.54) is 0 Å². The van der Waals surface area contributed by atoms with Gasteiger partial charge in [-0.2, -0.15) is 0 Å². The van der Waals surface area contributed by atoms with Gasteiger partial charge in [0.1, 0.15) is 5.82 Å². The van der Waals surface area contributed by atoms with E-state index in [2.05, 4.69) is 39.4 Å². The number of nitrogens with one attached hydrogen (secondary N) is 1. The Kier molecular flexibility index (Phi) is 4.62. The Bertz CT molecular complexity index is 1260. The lowest BCUT2D eigenvalue weighted by Crippen LogP contribution is -2.50. The summed E-state index contributed by atoms with van der Waals surface area (Å²) in [7, 11) is -2.84. The van der Waals surface area contributed by atoms with Crippen molar-refractivity contribution in [2.24, 2.45) is 5.41 Å². The molecule has 0 radical (unpaired) electrons. The van der Waals surface area contributed by atoms with Gasteiger partial charge in [-0.25, -0.2) is 18.4 Å². The highest BCUT2D eigenvalue weighted by Gasteiger charge is 2.52. The van der Waals surface area contributed by atoms with Crippen molar-refractivity contribution in [3.05, 3.63) is 48.7 Å². The zero-order valence-electron chi connectivity index (χ0n) is 18.0. The molecule has 1 spiro atoms. The second kappa shape index (κ2) is 7.42. The minimum atomic E-state index is -2.84. The van der Waals surface area contributed by atoms with Crippen LogP contribution < -0.4 is 15.1 Å². The Balaban J connectivity index is 1.34. The van der Waals surface area contributed by atoms with Crippen molar-refractivity contribution < 1.29 is 8.42 Å². The van der Waals surface area contributed by atoms with Gasteiger partial charge < -0.3 is 15.1 Å². The average molecular weight is 450 g/mol. The van der Waals surface area contributed by atoms with Crippen LogP contribution in [0.4, 0.5) is 11.5 Å². The zero-order chi connectivity index (χ0) is 21.8. The number of anilines is 2. The van der Waals surface area contributed by atoms with Gasteiger partial charge in [0.05, 0.1) is 22.7 Å². The first-order valence-electron chi connectivity index (χ1n) is 11.3. The second-order valence-electron chi connectivity index (χ2n) is 9.39. The minimum absolute atomic E-state index is 0.0735. The van der Waals surface area contributed by atoms with Crippen molar-refractivity contribution >= 4 is 32.2 Å². The van der Waals surface area contributed by atoms with E-state index in [9.17, 15) is 8.42 Å². The van der Waals surface area contributed by atoms with Crippen molar-refractivity contribution in [2.45, 2.75) is 6.42 Å². The third-order valence-corrected chi connectivity index (χ3v) is 9.11. The highest BCUT2D eigenvalue weighted by molar-refractivity contribution is 7.92. The van der Waals surface area contributed by atoms with Crippen LogP contribution in [0, 0.1) is 5.41 Å². The number of sulfone groups is 1. The number of rotatable bonds is 3. The fourth-order valence-corrected chi connectivity index (χ4v) is 7.70. The van der Waals surface area contributed by atoms with Crippen LogP contribution in [-0.4, -0.2) is 69.2 Å². The standard InChI is InChI=1S/C24H27N5O2S/c30-32(31)16-24(17-32)7-10-29(15-24)22-13-21(27-20-4-2-1-3-19(20)22)18-5-6-23(26-14-18)28-11-8-25-9-12-28/h1-6,13-14,25H,7-12,15-17H2. The fraction of sp³-hybridized carbons (Fsp3) is 0.417. The van der Waals surface area contributed by atoms with E-state index in [0.29, 0.717) is 11.5 Å². The molecule has 166 valence electrons. The van der Waals surface area contributed by atoms with Crippen LogP contribution in [0.5, 0.6) is 0 Å². The average Bonchev–Trinajstić information content (AvgIpc) is 3.22. The molecule has 0 unspecified atom stereocenters. The maximum Gasteiger partial charge on any atom is 0.151 e. The maximum absolute atomic E-state index is 11.8. The normalized spacial score (nSPS) is 21.8. The van der Waals surface area contributed by atoms with Gasteiger partial charge >= 0.3 is 0 Å². The summed E-state index contributed by atoms with van der Waals surface area (Å²) in [5, 5.41) is 4.48. The smallest absolute Gasteiger partial charge is 0.151 e. The molecular formula is C24H27N5O2S. The van der Waals surface area contributed by atoms with Gasteiger partial charge in [-0.05, 0) is 30.7 Å². The molecule has 3 aliphatic rings. The molecule has 1 N–H and O–H groups in total. The quantitative estimate of drug-likeness (QED) is 0.658. The molecule has 8 heteroatoms. The second-order valence-corrected chi connectivity index (χ2v) is 11.5. The van der Waals surface area contributed by atoms with E-state index >= 15 is 0 Å². The van der Waals surface area contributed by atoms with E-state index in [4.69, 9.17) is 9.97 Å². The molecule has 3 aromatic rings. The van der Waals surface area contributed by atoms with Gasteiger partial charge in [0.25, 0.3) is 0 Å². The van der Waals surface area contributed by atoms with Gasteiger partial charge in [-0.1, -0.05) is 18.2 Å². The fourth-order valence-electron chi connectivity index (χ4n) is 5.45. The number of benzene rings is 1. The highest BCUT2D eigenvalue weighted by Crippen LogP contribution is 2.44. The van der Waals surface area contributed by atoms with Crippen LogP contribution in [-0.2, 0) is 9.84 Å². The highest BCUT2D eigenvalue weighted by atomic mass is 32.2. The van der Waals surface area contributed by atoms with Crippen LogP contribution in [0.3, 0.4) is 0 Å². The third kappa shape index (κ3) is 3.51.